The van der Waals surface area contributed by atoms with Gasteiger partial charge in [-0.1, -0.05) is 11.6 Å². The first-order valence-electron chi connectivity index (χ1n) is 4.27. The number of aliphatic hydroxyl groups is 1. The molecule has 0 atom stereocenters. The SMILES string of the molecule is COC(=O)c1cc(Cl)cnc1NCCO. The first kappa shape index (κ1) is 11.7. The van der Waals surface area contributed by atoms with Crippen LogP contribution in [-0.2, 0) is 4.74 Å². The van der Waals surface area contributed by atoms with Crippen molar-refractivity contribution in [2.45, 2.75) is 0 Å². The van der Waals surface area contributed by atoms with Crippen molar-refractivity contribution in [3.8, 4) is 0 Å². The summed E-state index contributed by atoms with van der Waals surface area (Å²) in [5.74, 6) is -0.175. The van der Waals surface area contributed by atoms with Crippen molar-refractivity contribution in [1.29, 1.82) is 0 Å². The average Bonchev–Trinajstić information content (AvgIpc) is 2.26. The van der Waals surface area contributed by atoms with Crippen LogP contribution in [0.5, 0.6) is 0 Å². The lowest BCUT2D eigenvalue weighted by atomic mass is 10.2. The van der Waals surface area contributed by atoms with Gasteiger partial charge in [-0.15, -0.1) is 0 Å². The Labute approximate surface area is 92.0 Å². The third-order valence-electron chi connectivity index (χ3n) is 1.66. The molecule has 2 N–H and O–H groups in total. The first-order valence-corrected chi connectivity index (χ1v) is 4.65. The quantitative estimate of drug-likeness (QED) is 0.753. The monoisotopic (exact) mass is 230 g/mol. The molecular weight excluding hydrogens is 220 g/mol. The van der Waals surface area contributed by atoms with Crippen LogP contribution in [0, 0.1) is 0 Å². The Bertz CT molecular complexity index is 357. The Kier molecular flexibility index (Phi) is 4.33. The summed E-state index contributed by atoms with van der Waals surface area (Å²) in [6.45, 7) is 0.254. The summed E-state index contributed by atoms with van der Waals surface area (Å²) >= 11 is 5.70. The van der Waals surface area contributed by atoms with Crippen LogP contribution < -0.4 is 5.32 Å². The zero-order chi connectivity index (χ0) is 11.3. The lowest BCUT2D eigenvalue weighted by Crippen LogP contribution is -2.12. The Balaban J connectivity index is 2.97. The van der Waals surface area contributed by atoms with Crippen molar-refractivity contribution in [3.05, 3.63) is 22.8 Å². The number of ether oxygens (including phenoxy) is 1. The highest BCUT2D eigenvalue weighted by molar-refractivity contribution is 6.30. The lowest BCUT2D eigenvalue weighted by molar-refractivity contribution is 0.0601. The first-order chi connectivity index (χ1) is 7.19. The number of aromatic nitrogens is 1. The molecule has 6 heteroatoms. The lowest BCUT2D eigenvalue weighted by Gasteiger charge is -2.08. The number of carbonyl (C=O) groups excluding carboxylic acids is 1. The molecule has 1 heterocycles. The van der Waals surface area contributed by atoms with Crippen molar-refractivity contribution in [1.82, 2.24) is 4.98 Å². The van der Waals surface area contributed by atoms with Crippen LogP contribution in [-0.4, -0.2) is 36.3 Å². The number of nitrogens with zero attached hydrogens (tertiary/aromatic N) is 1. The van der Waals surface area contributed by atoms with Gasteiger partial charge in [0.05, 0.1) is 18.7 Å². The van der Waals surface area contributed by atoms with E-state index in [0.717, 1.165) is 0 Å². The molecule has 0 radical (unpaired) electrons. The highest BCUT2D eigenvalue weighted by Crippen LogP contribution is 2.18. The van der Waals surface area contributed by atoms with E-state index in [1.807, 2.05) is 0 Å². The molecule has 0 unspecified atom stereocenters. The molecule has 0 aliphatic carbocycles. The number of anilines is 1. The van der Waals surface area contributed by atoms with Gasteiger partial charge in [-0.05, 0) is 6.07 Å². The topological polar surface area (TPSA) is 71.5 Å². The third-order valence-corrected chi connectivity index (χ3v) is 1.87. The van der Waals surface area contributed by atoms with Crippen LogP contribution in [0.3, 0.4) is 0 Å². The fourth-order valence-corrected chi connectivity index (χ4v) is 1.18. The molecule has 0 amide bonds. The fraction of sp³-hybridized carbons (Fsp3) is 0.333. The van der Waals surface area contributed by atoms with Crippen LogP contribution in [0.2, 0.25) is 5.02 Å². The van der Waals surface area contributed by atoms with Crippen LogP contribution in [0.15, 0.2) is 12.3 Å². The minimum atomic E-state index is -0.523. The number of nitrogens with one attached hydrogen (secondary N) is 1. The van der Waals surface area contributed by atoms with Gasteiger partial charge < -0.3 is 15.2 Å². The second-order valence-electron chi connectivity index (χ2n) is 2.69. The largest absolute Gasteiger partial charge is 0.465 e. The van der Waals surface area contributed by atoms with E-state index in [1.54, 1.807) is 0 Å². The van der Waals surface area contributed by atoms with Crippen LogP contribution in [0.4, 0.5) is 5.82 Å². The number of hydrogen-bond acceptors (Lipinski definition) is 5. The van der Waals surface area contributed by atoms with Crippen molar-refractivity contribution in [2.75, 3.05) is 25.6 Å². The maximum atomic E-state index is 11.3. The number of pyridine rings is 1. The van der Waals surface area contributed by atoms with Crippen molar-refractivity contribution >= 4 is 23.4 Å². The second-order valence-corrected chi connectivity index (χ2v) is 3.13. The van der Waals surface area contributed by atoms with E-state index in [4.69, 9.17) is 16.7 Å². The number of aliphatic hydroxyl groups excluding tert-OH is 1. The molecule has 5 nitrogen and oxygen atoms in total. The summed E-state index contributed by atoms with van der Waals surface area (Å²) in [6.07, 6.45) is 1.41. The number of hydrogen-bond donors (Lipinski definition) is 2. The van der Waals surface area contributed by atoms with E-state index in [9.17, 15) is 4.79 Å². The van der Waals surface area contributed by atoms with Gasteiger partial charge >= 0.3 is 5.97 Å². The van der Waals surface area contributed by atoms with Crippen molar-refractivity contribution in [3.63, 3.8) is 0 Å². The van der Waals surface area contributed by atoms with E-state index in [-0.39, 0.29) is 12.2 Å². The van der Waals surface area contributed by atoms with Gasteiger partial charge in [0.2, 0.25) is 0 Å². The molecule has 0 spiro atoms. The summed E-state index contributed by atoms with van der Waals surface area (Å²) in [6, 6.07) is 1.46. The molecule has 0 aliphatic rings. The molecular formula is C9H11ClN2O3. The van der Waals surface area contributed by atoms with Crippen molar-refractivity contribution < 1.29 is 14.6 Å². The summed E-state index contributed by atoms with van der Waals surface area (Å²) in [4.78, 5) is 15.3. The molecule has 1 rings (SSSR count). The normalized spacial score (nSPS) is 9.80. The van der Waals surface area contributed by atoms with E-state index in [1.165, 1.54) is 19.4 Å². The zero-order valence-electron chi connectivity index (χ0n) is 8.16. The standard InChI is InChI=1S/C9H11ClN2O3/c1-15-9(14)7-4-6(10)5-12-8(7)11-2-3-13/h4-5,13H,2-3H2,1H3,(H,11,12). The molecule has 1 aromatic heterocycles. The van der Waals surface area contributed by atoms with E-state index >= 15 is 0 Å². The van der Waals surface area contributed by atoms with Gasteiger partial charge in [-0.3, -0.25) is 0 Å². The second kappa shape index (κ2) is 5.53. The van der Waals surface area contributed by atoms with Gasteiger partial charge in [0.15, 0.2) is 0 Å². The number of esters is 1. The molecule has 15 heavy (non-hydrogen) atoms. The fourth-order valence-electron chi connectivity index (χ4n) is 1.02. The van der Waals surface area contributed by atoms with E-state index in [0.29, 0.717) is 17.4 Å². The number of halogens is 1. The summed E-state index contributed by atoms with van der Waals surface area (Å²) in [5.41, 5.74) is 0.249. The van der Waals surface area contributed by atoms with Crippen molar-refractivity contribution in [2.24, 2.45) is 0 Å². The smallest absolute Gasteiger partial charge is 0.341 e. The van der Waals surface area contributed by atoms with E-state index in [2.05, 4.69) is 15.0 Å². The van der Waals surface area contributed by atoms with Gasteiger partial charge in [0.25, 0.3) is 0 Å². The Morgan fingerprint density at radius 1 is 1.73 bits per heavy atom. The van der Waals surface area contributed by atoms with Crippen LogP contribution in [0.25, 0.3) is 0 Å². The predicted octanol–water partition coefficient (Wildman–Crippen LogP) is 0.926. The number of carbonyl (C=O) groups is 1. The Hall–Kier alpha value is -1.33. The minimum absolute atomic E-state index is 0.0507. The Morgan fingerprint density at radius 2 is 2.47 bits per heavy atom. The highest BCUT2D eigenvalue weighted by atomic mass is 35.5. The maximum Gasteiger partial charge on any atom is 0.341 e. The van der Waals surface area contributed by atoms with E-state index < -0.39 is 5.97 Å². The maximum absolute atomic E-state index is 11.3. The van der Waals surface area contributed by atoms with Gasteiger partial charge in [-0.25, -0.2) is 9.78 Å². The average molecular weight is 231 g/mol. The molecule has 0 aromatic carbocycles. The van der Waals surface area contributed by atoms with Crippen LogP contribution >= 0.6 is 11.6 Å². The molecule has 0 fully saturated rings. The molecule has 0 saturated carbocycles. The third kappa shape index (κ3) is 3.07. The summed E-state index contributed by atoms with van der Waals surface area (Å²) in [5, 5.41) is 11.8. The summed E-state index contributed by atoms with van der Waals surface area (Å²) < 4.78 is 4.57. The van der Waals surface area contributed by atoms with Gasteiger partial charge in [0, 0.05) is 12.7 Å². The zero-order valence-corrected chi connectivity index (χ0v) is 8.91. The molecule has 0 bridgehead atoms. The molecule has 0 aliphatic heterocycles. The van der Waals surface area contributed by atoms with Gasteiger partial charge in [0.1, 0.15) is 11.4 Å². The Morgan fingerprint density at radius 3 is 3.07 bits per heavy atom. The summed E-state index contributed by atoms with van der Waals surface area (Å²) in [7, 11) is 1.28. The highest BCUT2D eigenvalue weighted by Gasteiger charge is 2.13. The predicted molar refractivity (Wildman–Crippen MR) is 56.2 cm³/mol. The number of rotatable bonds is 4. The minimum Gasteiger partial charge on any atom is -0.465 e. The molecule has 0 saturated heterocycles. The van der Waals surface area contributed by atoms with Gasteiger partial charge in [-0.2, -0.15) is 0 Å². The number of methoxy groups -OCH3 is 1. The molecule has 82 valence electrons. The molecule has 1 aromatic rings. The van der Waals surface area contributed by atoms with Crippen LogP contribution in [0.1, 0.15) is 10.4 Å².